The highest BCUT2D eigenvalue weighted by atomic mass is 16.5. The highest BCUT2D eigenvalue weighted by Crippen LogP contribution is 2.40. The van der Waals surface area contributed by atoms with Crippen molar-refractivity contribution >= 4 is 23.1 Å². The minimum atomic E-state index is -0.140. The minimum absolute atomic E-state index is 0.0133. The van der Waals surface area contributed by atoms with E-state index in [4.69, 9.17) is 4.74 Å². The number of piperazine rings is 1. The summed E-state index contributed by atoms with van der Waals surface area (Å²) in [5, 5.41) is 12.0. The van der Waals surface area contributed by atoms with Crippen molar-refractivity contribution < 1.29 is 9.53 Å². The molecule has 2 saturated carbocycles. The van der Waals surface area contributed by atoms with E-state index in [0.717, 1.165) is 80.0 Å². The van der Waals surface area contributed by atoms with Crippen LogP contribution >= 0.6 is 0 Å². The van der Waals surface area contributed by atoms with Crippen LogP contribution in [0.25, 0.3) is 10.9 Å². The van der Waals surface area contributed by atoms with Crippen LogP contribution in [0.1, 0.15) is 44.3 Å². The van der Waals surface area contributed by atoms with Crippen LogP contribution < -0.4 is 10.1 Å². The highest BCUT2D eigenvalue weighted by Gasteiger charge is 2.40. The van der Waals surface area contributed by atoms with Crippen molar-refractivity contribution in [3.8, 4) is 5.75 Å². The second-order valence-electron chi connectivity index (χ2n) is 9.37. The number of aromatic nitrogens is 2. The normalized spacial score (nSPS) is 24.7. The van der Waals surface area contributed by atoms with Gasteiger partial charge in [-0.15, -0.1) is 0 Å². The Hall–Kier alpha value is -3.03. The first-order valence-corrected chi connectivity index (χ1v) is 11.3. The van der Waals surface area contributed by atoms with Crippen molar-refractivity contribution in [2.24, 2.45) is 10.9 Å². The summed E-state index contributed by atoms with van der Waals surface area (Å²) < 4.78 is 6.15. The maximum Gasteiger partial charge on any atom is 0.225 e. The fourth-order valence-corrected chi connectivity index (χ4v) is 4.40. The summed E-state index contributed by atoms with van der Waals surface area (Å²) in [6.45, 7) is 5.37. The van der Waals surface area contributed by atoms with Crippen LogP contribution in [0, 0.1) is 5.92 Å². The lowest BCUT2D eigenvalue weighted by atomic mass is 10.1. The lowest BCUT2D eigenvalue weighted by molar-refractivity contribution is -0.134. The van der Waals surface area contributed by atoms with Gasteiger partial charge in [0.1, 0.15) is 23.2 Å². The SMILES string of the molecule is CC1(Oc2ccc3n[nH]c(C4C=C(N5CCN(C(=O)C6CC6)CC5)NC=N4)c3c2)CC1. The zero-order valence-electron chi connectivity index (χ0n) is 17.8. The summed E-state index contributed by atoms with van der Waals surface area (Å²) in [4.78, 5) is 21.3. The van der Waals surface area contributed by atoms with E-state index < -0.39 is 0 Å². The Kier molecular flexibility index (Phi) is 4.23. The summed E-state index contributed by atoms with van der Waals surface area (Å²) in [5.74, 6) is 2.56. The molecule has 1 unspecified atom stereocenters. The van der Waals surface area contributed by atoms with Gasteiger partial charge in [0, 0.05) is 37.5 Å². The van der Waals surface area contributed by atoms with Crippen LogP contribution in [0.5, 0.6) is 5.75 Å². The van der Waals surface area contributed by atoms with E-state index in [1.807, 2.05) is 17.0 Å². The molecule has 3 heterocycles. The molecule has 8 nitrogen and oxygen atoms in total. The van der Waals surface area contributed by atoms with E-state index in [1.165, 1.54) is 0 Å². The number of carbonyl (C=O) groups is 1. The van der Waals surface area contributed by atoms with Gasteiger partial charge in [0.15, 0.2) is 0 Å². The summed E-state index contributed by atoms with van der Waals surface area (Å²) in [6, 6.07) is 5.93. The molecule has 31 heavy (non-hydrogen) atoms. The van der Waals surface area contributed by atoms with Gasteiger partial charge >= 0.3 is 0 Å². The summed E-state index contributed by atoms with van der Waals surface area (Å²) in [6.07, 6.45) is 8.24. The number of carbonyl (C=O) groups excluding carboxylic acids is 1. The zero-order chi connectivity index (χ0) is 21.0. The number of aromatic amines is 1. The molecule has 0 radical (unpaired) electrons. The van der Waals surface area contributed by atoms with Crippen LogP contribution in [0.4, 0.5) is 0 Å². The first kappa shape index (κ1) is 18.7. The second-order valence-corrected chi connectivity index (χ2v) is 9.37. The van der Waals surface area contributed by atoms with Crippen LogP contribution in [0.2, 0.25) is 0 Å². The Morgan fingerprint density at radius 1 is 1.19 bits per heavy atom. The number of aliphatic imine (C=N–C) groups is 1. The van der Waals surface area contributed by atoms with Gasteiger partial charge in [-0.05, 0) is 56.9 Å². The minimum Gasteiger partial charge on any atom is -0.488 e. The first-order valence-electron chi connectivity index (χ1n) is 11.3. The van der Waals surface area contributed by atoms with Gasteiger partial charge < -0.3 is 19.9 Å². The van der Waals surface area contributed by atoms with Crippen molar-refractivity contribution in [3.63, 3.8) is 0 Å². The molecule has 0 spiro atoms. The van der Waals surface area contributed by atoms with Gasteiger partial charge in [-0.25, -0.2) is 0 Å². The Labute approximate surface area is 181 Å². The van der Waals surface area contributed by atoms with Gasteiger partial charge in [0.05, 0.1) is 17.5 Å². The van der Waals surface area contributed by atoms with E-state index in [0.29, 0.717) is 11.8 Å². The first-order chi connectivity index (χ1) is 15.1. The highest BCUT2D eigenvalue weighted by molar-refractivity contribution is 5.84. The molecule has 3 fully saturated rings. The quantitative estimate of drug-likeness (QED) is 0.777. The molecule has 1 aromatic carbocycles. The fraction of sp³-hybridized carbons (Fsp3) is 0.522. The molecule has 1 amide bonds. The monoisotopic (exact) mass is 420 g/mol. The van der Waals surface area contributed by atoms with E-state index in [1.54, 1.807) is 6.34 Å². The molecule has 8 heteroatoms. The standard InChI is InChI=1S/C23H28N6O2/c1-23(6-7-23)31-16-4-5-18-17(12-16)21(27-26-18)19-13-20(25-14-24-19)28-8-10-29(11-9-28)22(30)15-2-3-15/h4-5,12-15,19H,2-3,6-11H2,1H3,(H,24,25)(H,26,27). The van der Waals surface area contributed by atoms with E-state index in [2.05, 4.69) is 44.5 Å². The van der Waals surface area contributed by atoms with Crippen molar-refractivity contribution in [2.75, 3.05) is 26.2 Å². The van der Waals surface area contributed by atoms with Gasteiger partial charge in [0.2, 0.25) is 5.91 Å². The molecule has 1 aromatic heterocycles. The van der Waals surface area contributed by atoms with Crippen LogP contribution in [0.15, 0.2) is 35.1 Å². The third-order valence-electron chi connectivity index (χ3n) is 6.79. The number of hydrogen-bond acceptors (Lipinski definition) is 6. The molecule has 2 N–H and O–H groups in total. The van der Waals surface area contributed by atoms with Crippen molar-refractivity contribution in [1.29, 1.82) is 0 Å². The number of ether oxygens (including phenoxy) is 1. The maximum absolute atomic E-state index is 12.3. The molecule has 2 aliphatic carbocycles. The molecule has 2 aromatic rings. The number of H-pyrrole nitrogens is 1. The molecule has 2 aliphatic heterocycles. The predicted molar refractivity (Wildman–Crippen MR) is 118 cm³/mol. The van der Waals surface area contributed by atoms with Crippen molar-refractivity contribution in [2.45, 2.75) is 44.2 Å². The Morgan fingerprint density at radius 3 is 2.74 bits per heavy atom. The van der Waals surface area contributed by atoms with Gasteiger partial charge in [0.25, 0.3) is 0 Å². The van der Waals surface area contributed by atoms with Crippen molar-refractivity contribution in [3.05, 3.63) is 35.8 Å². The van der Waals surface area contributed by atoms with Crippen LogP contribution in [0.3, 0.4) is 0 Å². The summed E-state index contributed by atoms with van der Waals surface area (Å²) >= 11 is 0. The third-order valence-corrected chi connectivity index (χ3v) is 6.79. The topological polar surface area (TPSA) is 85.8 Å². The number of benzene rings is 1. The number of hydrogen-bond donors (Lipinski definition) is 2. The summed E-state index contributed by atoms with van der Waals surface area (Å²) in [7, 11) is 0. The Balaban J connectivity index is 1.20. The molecular weight excluding hydrogens is 392 g/mol. The molecular formula is C23H28N6O2. The molecule has 1 atom stereocenters. The molecule has 6 rings (SSSR count). The van der Waals surface area contributed by atoms with Gasteiger partial charge in [-0.1, -0.05) is 0 Å². The van der Waals surface area contributed by atoms with Crippen LogP contribution in [-0.4, -0.2) is 64.0 Å². The molecule has 0 bridgehead atoms. The average molecular weight is 421 g/mol. The van der Waals surface area contributed by atoms with Gasteiger partial charge in [-0.3, -0.25) is 14.9 Å². The zero-order valence-corrected chi connectivity index (χ0v) is 17.8. The number of nitrogens with zero attached hydrogens (tertiary/aromatic N) is 4. The average Bonchev–Trinajstić information content (AvgIpc) is 3.72. The van der Waals surface area contributed by atoms with E-state index >= 15 is 0 Å². The molecule has 4 aliphatic rings. The van der Waals surface area contributed by atoms with E-state index in [-0.39, 0.29) is 11.6 Å². The lowest BCUT2D eigenvalue weighted by Gasteiger charge is -2.38. The third kappa shape index (κ3) is 3.64. The lowest BCUT2D eigenvalue weighted by Crippen LogP contribution is -2.50. The number of amides is 1. The Morgan fingerprint density at radius 2 is 2.00 bits per heavy atom. The number of nitrogens with one attached hydrogen (secondary N) is 2. The van der Waals surface area contributed by atoms with Gasteiger partial charge in [-0.2, -0.15) is 5.10 Å². The predicted octanol–water partition coefficient (Wildman–Crippen LogP) is 2.56. The summed E-state index contributed by atoms with van der Waals surface area (Å²) in [5.41, 5.74) is 1.87. The smallest absolute Gasteiger partial charge is 0.225 e. The fourth-order valence-electron chi connectivity index (χ4n) is 4.40. The van der Waals surface area contributed by atoms with Crippen molar-refractivity contribution in [1.82, 2.24) is 25.3 Å². The number of rotatable bonds is 5. The maximum atomic E-state index is 12.3. The largest absolute Gasteiger partial charge is 0.488 e. The van der Waals surface area contributed by atoms with Crippen LogP contribution in [-0.2, 0) is 4.79 Å². The van der Waals surface area contributed by atoms with E-state index in [9.17, 15) is 4.79 Å². The Bertz CT molecular complexity index is 1070. The second kappa shape index (κ2) is 7.00. The molecule has 162 valence electrons. The number of fused-ring (bicyclic) bond motifs is 1. The molecule has 1 saturated heterocycles.